The zero-order valence-electron chi connectivity index (χ0n) is 17.2. The number of carbonyl (C=O) groups excluding carboxylic acids is 5. The van der Waals surface area contributed by atoms with Crippen LogP contribution in [0.5, 0.6) is 0 Å². The molecule has 0 unspecified atom stereocenters. The van der Waals surface area contributed by atoms with Crippen molar-refractivity contribution in [3.63, 3.8) is 0 Å². The number of hydrogen-bond donors (Lipinski definition) is 0. The molecule has 2 amide bonds. The number of ether oxygens (including phenoxy) is 4. The van der Waals surface area contributed by atoms with Crippen molar-refractivity contribution in [2.24, 2.45) is 0 Å². The number of nitrogens with zero attached hydrogens (tertiary/aromatic N) is 1. The minimum Gasteiger partial charge on any atom is -0.458 e. The number of amides is 2. The van der Waals surface area contributed by atoms with Crippen LogP contribution >= 0.6 is 0 Å². The minimum absolute atomic E-state index is 0.0693. The second-order valence-corrected chi connectivity index (χ2v) is 8.08. The summed E-state index contributed by atoms with van der Waals surface area (Å²) in [7, 11) is 0. The van der Waals surface area contributed by atoms with E-state index in [9.17, 15) is 24.0 Å². The van der Waals surface area contributed by atoms with E-state index in [-0.39, 0.29) is 12.8 Å². The molecule has 0 radical (unpaired) electrons. The van der Waals surface area contributed by atoms with Crippen molar-refractivity contribution in [1.29, 1.82) is 0 Å². The third-order valence-electron chi connectivity index (χ3n) is 3.78. The second-order valence-electron chi connectivity index (χ2n) is 8.08. The van der Waals surface area contributed by atoms with Gasteiger partial charge in [0.15, 0.2) is 24.1 Å². The lowest BCUT2D eigenvalue weighted by atomic mass is 10.1. The third kappa shape index (κ3) is 5.73. The lowest BCUT2D eigenvalue weighted by molar-refractivity contribution is -0.207. The van der Waals surface area contributed by atoms with Gasteiger partial charge in [-0.3, -0.25) is 9.59 Å². The third-order valence-corrected chi connectivity index (χ3v) is 3.78. The van der Waals surface area contributed by atoms with Gasteiger partial charge in [0, 0.05) is 12.8 Å². The predicted octanol–water partition coefficient (Wildman–Crippen LogP) is 0.387. The molecule has 2 saturated heterocycles. The summed E-state index contributed by atoms with van der Waals surface area (Å²) in [6.07, 6.45) is -4.50. The molecular weight excluding hydrogens is 390 g/mol. The Bertz CT molecular complexity index is 707. The highest BCUT2D eigenvalue weighted by Crippen LogP contribution is 2.31. The maximum atomic E-state index is 12.5. The van der Waals surface area contributed by atoms with Crippen LogP contribution in [0.25, 0.3) is 0 Å². The van der Waals surface area contributed by atoms with Crippen LogP contribution in [-0.2, 0) is 47.8 Å². The zero-order valence-corrected chi connectivity index (χ0v) is 17.2. The number of carbonyl (C=O) groups is 5. The van der Waals surface area contributed by atoms with E-state index in [0.29, 0.717) is 5.06 Å². The molecule has 0 aromatic heterocycles. The predicted molar refractivity (Wildman–Crippen MR) is 92.4 cm³/mol. The van der Waals surface area contributed by atoms with Gasteiger partial charge >= 0.3 is 17.9 Å². The van der Waals surface area contributed by atoms with Gasteiger partial charge < -0.3 is 23.8 Å². The summed E-state index contributed by atoms with van der Waals surface area (Å²) in [5, 5.41) is 0.342. The second kappa shape index (κ2) is 8.07. The number of esters is 2. The van der Waals surface area contributed by atoms with Gasteiger partial charge in [0.05, 0.1) is 0 Å². The van der Waals surface area contributed by atoms with Gasteiger partial charge in [-0.2, -0.15) is 0 Å². The van der Waals surface area contributed by atoms with Crippen LogP contribution in [0.1, 0.15) is 54.4 Å². The molecule has 2 fully saturated rings. The molecule has 162 valence electrons. The first-order valence-corrected chi connectivity index (χ1v) is 9.07. The average molecular weight is 415 g/mol. The van der Waals surface area contributed by atoms with Crippen LogP contribution in [0.3, 0.4) is 0 Å². The monoisotopic (exact) mass is 415 g/mol. The van der Waals surface area contributed by atoms with E-state index in [1.165, 1.54) is 20.8 Å². The fourth-order valence-corrected chi connectivity index (χ4v) is 2.58. The molecule has 3 atom stereocenters. The highest BCUT2D eigenvalue weighted by Gasteiger charge is 2.52. The Morgan fingerprint density at radius 1 is 1.03 bits per heavy atom. The highest BCUT2D eigenvalue weighted by atomic mass is 16.8. The molecule has 29 heavy (non-hydrogen) atoms. The lowest BCUT2D eigenvalue weighted by Crippen LogP contribution is -2.44. The van der Waals surface area contributed by atoms with Crippen LogP contribution in [0, 0.1) is 0 Å². The van der Waals surface area contributed by atoms with Crippen molar-refractivity contribution in [1.82, 2.24) is 5.06 Å². The van der Waals surface area contributed by atoms with E-state index in [1.54, 1.807) is 20.8 Å². The van der Waals surface area contributed by atoms with Crippen LogP contribution in [0.15, 0.2) is 0 Å². The van der Waals surface area contributed by atoms with Gasteiger partial charge in [0.25, 0.3) is 11.8 Å². The summed E-state index contributed by atoms with van der Waals surface area (Å²) in [6, 6.07) is 0. The molecule has 0 bridgehead atoms. The summed E-state index contributed by atoms with van der Waals surface area (Å²) in [6.45, 7) is 9.14. The van der Waals surface area contributed by atoms with Crippen LogP contribution in [-0.4, -0.2) is 64.5 Å². The molecular formula is C18H25NO10. The first-order chi connectivity index (χ1) is 13.2. The van der Waals surface area contributed by atoms with Crippen molar-refractivity contribution in [2.45, 2.75) is 84.1 Å². The Balaban J connectivity index is 2.02. The van der Waals surface area contributed by atoms with Crippen LogP contribution in [0.4, 0.5) is 0 Å². The van der Waals surface area contributed by atoms with Gasteiger partial charge in [0.1, 0.15) is 5.60 Å². The minimum atomic E-state index is -1.48. The molecule has 0 aromatic rings. The molecule has 2 aliphatic heterocycles. The summed E-state index contributed by atoms with van der Waals surface area (Å²) in [5.74, 6) is -5.62. The summed E-state index contributed by atoms with van der Waals surface area (Å²) in [4.78, 5) is 64.7. The SMILES string of the molecule is C[C@H](OC(=O)[C@@H]1OC(C)(C)O[C@H]1C(=O)OC(C)(C)C)C(=O)ON1C(=O)CCC1=O. The van der Waals surface area contributed by atoms with E-state index in [4.69, 9.17) is 23.8 Å². The topological polar surface area (TPSA) is 135 Å². The molecule has 11 nitrogen and oxygen atoms in total. The Kier molecular flexibility index (Phi) is 6.33. The molecule has 0 spiro atoms. The van der Waals surface area contributed by atoms with Crippen LogP contribution in [0.2, 0.25) is 0 Å². The van der Waals surface area contributed by atoms with Gasteiger partial charge in [-0.1, -0.05) is 0 Å². The van der Waals surface area contributed by atoms with Gasteiger partial charge in [-0.05, 0) is 41.5 Å². The molecule has 11 heteroatoms. The molecule has 0 aliphatic carbocycles. The highest BCUT2D eigenvalue weighted by molar-refractivity contribution is 6.01. The van der Waals surface area contributed by atoms with E-state index >= 15 is 0 Å². The molecule has 0 N–H and O–H groups in total. The first-order valence-electron chi connectivity index (χ1n) is 9.07. The number of rotatable bonds is 5. The Labute approximate surface area is 167 Å². The summed E-state index contributed by atoms with van der Waals surface area (Å²) in [5.41, 5.74) is -0.826. The quantitative estimate of drug-likeness (QED) is 0.458. The van der Waals surface area contributed by atoms with E-state index in [2.05, 4.69) is 0 Å². The fraction of sp³-hybridized carbons (Fsp3) is 0.722. The molecule has 2 heterocycles. The largest absolute Gasteiger partial charge is 0.458 e. The Morgan fingerprint density at radius 2 is 1.52 bits per heavy atom. The Hall–Kier alpha value is -2.53. The van der Waals surface area contributed by atoms with Gasteiger partial charge in [-0.15, -0.1) is 5.06 Å². The van der Waals surface area contributed by atoms with Crippen molar-refractivity contribution < 1.29 is 47.8 Å². The summed E-state index contributed by atoms with van der Waals surface area (Å²) < 4.78 is 21.1. The number of hydroxylamine groups is 2. The van der Waals surface area contributed by atoms with Gasteiger partial charge in [-0.25, -0.2) is 14.4 Å². The lowest BCUT2D eigenvalue weighted by Gasteiger charge is -2.23. The number of imide groups is 1. The van der Waals surface area contributed by atoms with Crippen molar-refractivity contribution in [3.8, 4) is 0 Å². The first kappa shape index (κ1) is 22.8. The standard InChI is InChI=1S/C18H25NO10/c1-9(14(22)29-19-10(20)7-8-11(19)21)25-15(23)12-13(27-18(5,6)26-12)16(24)28-17(2,3)4/h9,12-13H,7-8H2,1-6H3/t9-,12+,13+/m0/s1. The average Bonchev–Trinajstić information content (AvgIpc) is 3.06. The zero-order chi connectivity index (χ0) is 22.1. The molecule has 0 saturated carbocycles. The van der Waals surface area contributed by atoms with Crippen molar-refractivity contribution >= 4 is 29.7 Å². The molecule has 0 aromatic carbocycles. The number of hydrogen-bond acceptors (Lipinski definition) is 10. The van der Waals surface area contributed by atoms with Gasteiger partial charge in [0.2, 0.25) is 0 Å². The van der Waals surface area contributed by atoms with E-state index in [1.807, 2.05) is 0 Å². The molecule has 2 rings (SSSR count). The van der Waals surface area contributed by atoms with E-state index in [0.717, 1.165) is 0 Å². The van der Waals surface area contributed by atoms with E-state index < -0.39 is 59.4 Å². The van der Waals surface area contributed by atoms with Crippen LogP contribution < -0.4 is 0 Å². The fourth-order valence-electron chi connectivity index (χ4n) is 2.58. The maximum Gasteiger partial charge on any atom is 0.373 e. The van der Waals surface area contributed by atoms with Crippen molar-refractivity contribution in [3.05, 3.63) is 0 Å². The molecule has 2 aliphatic rings. The van der Waals surface area contributed by atoms with Crippen molar-refractivity contribution in [2.75, 3.05) is 0 Å². The summed E-state index contributed by atoms with van der Waals surface area (Å²) >= 11 is 0. The maximum absolute atomic E-state index is 12.5. The smallest absolute Gasteiger partial charge is 0.373 e. The Morgan fingerprint density at radius 3 is 2.00 bits per heavy atom. The normalized spacial score (nSPS) is 25.0.